The maximum absolute atomic E-state index is 12.3. The molecular weight excluding hydrogens is 274 g/mol. The normalized spacial score (nSPS) is 23.1. The standard InChI is InChI=1S/C11H13NO4S2/c1-6-12(8(5-17-6)11(14)15)10(13)9-3-7(16-2)4-18-9/h3-4,6,8H,5H2,1-2H3,(H,14,15). The van der Waals surface area contributed by atoms with E-state index in [2.05, 4.69) is 0 Å². The van der Waals surface area contributed by atoms with E-state index in [9.17, 15) is 9.59 Å². The van der Waals surface area contributed by atoms with E-state index in [1.54, 1.807) is 11.4 Å². The van der Waals surface area contributed by atoms with Crippen LogP contribution < -0.4 is 4.74 Å². The van der Waals surface area contributed by atoms with Crippen molar-refractivity contribution in [3.8, 4) is 5.75 Å². The van der Waals surface area contributed by atoms with Crippen LogP contribution in [-0.2, 0) is 4.79 Å². The fraction of sp³-hybridized carbons (Fsp3) is 0.455. The quantitative estimate of drug-likeness (QED) is 0.917. The molecule has 1 aromatic rings. The number of amides is 1. The van der Waals surface area contributed by atoms with Crippen molar-refractivity contribution in [2.75, 3.05) is 12.9 Å². The van der Waals surface area contributed by atoms with E-state index < -0.39 is 12.0 Å². The molecule has 1 amide bonds. The molecule has 0 spiro atoms. The first-order valence-corrected chi connectivity index (χ1v) is 7.27. The fourth-order valence-corrected chi connectivity index (χ4v) is 3.77. The second kappa shape index (κ2) is 5.19. The molecule has 2 heterocycles. The van der Waals surface area contributed by atoms with Crippen LogP contribution in [0.4, 0.5) is 0 Å². The zero-order valence-electron chi connectivity index (χ0n) is 9.95. The van der Waals surface area contributed by atoms with Gasteiger partial charge < -0.3 is 14.7 Å². The molecule has 2 rings (SSSR count). The van der Waals surface area contributed by atoms with E-state index in [0.717, 1.165) is 0 Å². The number of nitrogens with zero attached hydrogens (tertiary/aromatic N) is 1. The minimum atomic E-state index is -0.955. The van der Waals surface area contributed by atoms with E-state index in [0.29, 0.717) is 16.4 Å². The summed E-state index contributed by atoms with van der Waals surface area (Å²) in [6, 6.07) is 0.896. The number of rotatable bonds is 3. The van der Waals surface area contributed by atoms with E-state index >= 15 is 0 Å². The van der Waals surface area contributed by atoms with Crippen LogP contribution in [0.25, 0.3) is 0 Å². The summed E-state index contributed by atoms with van der Waals surface area (Å²) in [7, 11) is 1.53. The monoisotopic (exact) mass is 287 g/mol. The van der Waals surface area contributed by atoms with Gasteiger partial charge >= 0.3 is 5.97 Å². The molecule has 18 heavy (non-hydrogen) atoms. The van der Waals surface area contributed by atoms with Gasteiger partial charge in [-0.25, -0.2) is 4.79 Å². The maximum Gasteiger partial charge on any atom is 0.327 e. The largest absolute Gasteiger partial charge is 0.496 e. The van der Waals surface area contributed by atoms with Crippen LogP contribution in [0.1, 0.15) is 16.6 Å². The third kappa shape index (κ3) is 2.32. The van der Waals surface area contributed by atoms with Gasteiger partial charge in [0.15, 0.2) is 0 Å². The first kappa shape index (κ1) is 13.2. The molecule has 98 valence electrons. The number of carboxylic acid groups (broad SMARTS) is 1. The van der Waals surface area contributed by atoms with Crippen molar-refractivity contribution in [1.82, 2.24) is 4.90 Å². The van der Waals surface area contributed by atoms with Crippen LogP contribution in [0.15, 0.2) is 11.4 Å². The van der Waals surface area contributed by atoms with Crippen molar-refractivity contribution in [2.45, 2.75) is 18.3 Å². The summed E-state index contributed by atoms with van der Waals surface area (Å²) in [5, 5.41) is 10.7. The molecule has 1 aliphatic heterocycles. The minimum absolute atomic E-state index is 0.119. The first-order valence-electron chi connectivity index (χ1n) is 5.34. The lowest BCUT2D eigenvalue weighted by Crippen LogP contribution is -2.44. The Labute approximate surface area is 113 Å². The molecule has 0 aliphatic carbocycles. The molecule has 2 unspecified atom stereocenters. The van der Waals surface area contributed by atoms with Crippen molar-refractivity contribution >= 4 is 35.0 Å². The highest BCUT2D eigenvalue weighted by molar-refractivity contribution is 8.00. The highest BCUT2D eigenvalue weighted by Crippen LogP contribution is 2.32. The molecular formula is C11H13NO4S2. The lowest BCUT2D eigenvalue weighted by Gasteiger charge is -2.24. The van der Waals surface area contributed by atoms with Crippen molar-refractivity contribution in [3.05, 3.63) is 16.3 Å². The molecule has 0 saturated carbocycles. The second-order valence-corrected chi connectivity index (χ2v) is 6.11. The summed E-state index contributed by atoms with van der Waals surface area (Å²) in [5.74, 6) is -0.142. The van der Waals surface area contributed by atoms with Gasteiger partial charge in [-0.1, -0.05) is 0 Å². The van der Waals surface area contributed by atoms with Crippen LogP contribution in [-0.4, -0.2) is 46.2 Å². The Morgan fingerprint density at radius 3 is 2.83 bits per heavy atom. The number of carbonyl (C=O) groups is 2. The van der Waals surface area contributed by atoms with E-state index in [1.165, 1.54) is 35.1 Å². The van der Waals surface area contributed by atoms with Crippen molar-refractivity contribution in [2.24, 2.45) is 0 Å². The van der Waals surface area contributed by atoms with Crippen LogP contribution in [0.3, 0.4) is 0 Å². The molecule has 0 radical (unpaired) electrons. The van der Waals surface area contributed by atoms with Crippen LogP contribution in [0.5, 0.6) is 5.75 Å². The topological polar surface area (TPSA) is 66.8 Å². The van der Waals surface area contributed by atoms with Gasteiger partial charge in [0, 0.05) is 17.2 Å². The molecule has 0 bridgehead atoms. The third-order valence-electron chi connectivity index (χ3n) is 2.76. The number of carboxylic acids is 1. The van der Waals surface area contributed by atoms with Crippen LogP contribution >= 0.6 is 23.1 Å². The minimum Gasteiger partial charge on any atom is -0.496 e. The van der Waals surface area contributed by atoms with Gasteiger partial charge in [-0.3, -0.25) is 4.79 Å². The number of hydrogen-bond donors (Lipinski definition) is 1. The number of ether oxygens (including phenoxy) is 1. The SMILES string of the molecule is COc1csc(C(=O)N2C(C)SCC2C(=O)O)c1. The molecule has 1 fully saturated rings. The highest BCUT2D eigenvalue weighted by Gasteiger charge is 2.40. The summed E-state index contributed by atoms with van der Waals surface area (Å²) in [5.41, 5.74) is 0. The highest BCUT2D eigenvalue weighted by atomic mass is 32.2. The van der Waals surface area contributed by atoms with Gasteiger partial charge in [0.2, 0.25) is 0 Å². The predicted molar refractivity (Wildman–Crippen MR) is 70.4 cm³/mol. The van der Waals surface area contributed by atoms with Crippen LogP contribution in [0.2, 0.25) is 0 Å². The van der Waals surface area contributed by atoms with Gasteiger partial charge in [-0.05, 0) is 6.92 Å². The molecule has 1 saturated heterocycles. The number of aliphatic carboxylic acids is 1. The summed E-state index contributed by atoms with van der Waals surface area (Å²) >= 11 is 2.74. The van der Waals surface area contributed by atoms with Crippen LogP contribution in [0, 0.1) is 0 Å². The molecule has 5 nitrogen and oxygen atoms in total. The lowest BCUT2D eigenvalue weighted by molar-refractivity contribution is -0.141. The third-order valence-corrected chi connectivity index (χ3v) is 4.88. The summed E-state index contributed by atoms with van der Waals surface area (Å²) in [4.78, 5) is 25.4. The van der Waals surface area contributed by atoms with Crippen molar-refractivity contribution in [3.63, 3.8) is 0 Å². The van der Waals surface area contributed by atoms with Gasteiger partial charge in [0.1, 0.15) is 11.8 Å². The predicted octanol–water partition coefficient (Wildman–Crippen LogP) is 1.74. The van der Waals surface area contributed by atoms with Gasteiger partial charge in [0.25, 0.3) is 5.91 Å². The average Bonchev–Trinajstić information content (AvgIpc) is 2.94. The molecule has 0 aromatic carbocycles. The van der Waals surface area contributed by atoms with E-state index in [1.807, 2.05) is 6.92 Å². The molecule has 2 atom stereocenters. The zero-order valence-corrected chi connectivity index (χ0v) is 11.6. The molecule has 1 N–H and O–H groups in total. The Bertz CT molecular complexity index is 473. The summed E-state index contributed by atoms with van der Waals surface area (Å²) in [6.07, 6.45) is 0. The maximum atomic E-state index is 12.3. The van der Waals surface area contributed by atoms with Gasteiger partial charge in [-0.2, -0.15) is 0 Å². The summed E-state index contributed by atoms with van der Waals surface area (Å²) < 4.78 is 5.03. The molecule has 7 heteroatoms. The molecule has 1 aliphatic rings. The number of methoxy groups -OCH3 is 1. The van der Waals surface area contributed by atoms with Crippen molar-refractivity contribution < 1.29 is 19.4 Å². The Hall–Kier alpha value is -1.21. The lowest BCUT2D eigenvalue weighted by atomic mass is 10.2. The number of thiophene rings is 1. The van der Waals surface area contributed by atoms with E-state index in [4.69, 9.17) is 9.84 Å². The number of hydrogen-bond acceptors (Lipinski definition) is 5. The zero-order chi connectivity index (χ0) is 13.3. The van der Waals surface area contributed by atoms with Gasteiger partial charge in [-0.15, -0.1) is 23.1 Å². The fourth-order valence-electron chi connectivity index (χ4n) is 1.81. The van der Waals surface area contributed by atoms with E-state index in [-0.39, 0.29) is 11.3 Å². The Morgan fingerprint density at radius 2 is 2.28 bits per heavy atom. The first-order chi connectivity index (χ1) is 8.54. The summed E-state index contributed by atoms with van der Waals surface area (Å²) in [6.45, 7) is 1.84. The Morgan fingerprint density at radius 1 is 1.56 bits per heavy atom. The van der Waals surface area contributed by atoms with Crippen molar-refractivity contribution in [1.29, 1.82) is 0 Å². The number of carbonyl (C=O) groups excluding carboxylic acids is 1. The van der Waals surface area contributed by atoms with Gasteiger partial charge in [0.05, 0.1) is 17.4 Å². The number of thioether (sulfide) groups is 1. The average molecular weight is 287 g/mol. The molecule has 1 aromatic heterocycles. The second-order valence-electron chi connectivity index (χ2n) is 3.85. The Balaban J connectivity index is 2.23. The smallest absolute Gasteiger partial charge is 0.327 e. The Kier molecular flexibility index (Phi) is 3.82.